The first-order chi connectivity index (χ1) is 11.5. The van der Waals surface area contributed by atoms with Crippen molar-refractivity contribution in [3.8, 4) is 17.2 Å². The molecule has 0 saturated heterocycles. The van der Waals surface area contributed by atoms with E-state index in [-0.39, 0.29) is 5.91 Å². The molecular weight excluding hydrogens is 306 g/mol. The Morgan fingerprint density at radius 3 is 2.08 bits per heavy atom. The minimum Gasteiger partial charge on any atom is -0.497 e. The van der Waals surface area contributed by atoms with Crippen LogP contribution in [0.5, 0.6) is 17.2 Å². The summed E-state index contributed by atoms with van der Waals surface area (Å²) in [4.78, 5) is 14.2. The fourth-order valence-electron chi connectivity index (χ4n) is 2.47. The average Bonchev–Trinajstić information content (AvgIpc) is 2.62. The summed E-state index contributed by atoms with van der Waals surface area (Å²) in [5, 5.41) is 0. The van der Waals surface area contributed by atoms with E-state index < -0.39 is 0 Å². The molecule has 2 rings (SSSR count). The highest BCUT2D eigenvalue weighted by Gasteiger charge is 2.15. The molecule has 5 heteroatoms. The van der Waals surface area contributed by atoms with Crippen LogP contribution in [-0.4, -0.2) is 39.2 Å². The van der Waals surface area contributed by atoms with Crippen LogP contribution in [0.3, 0.4) is 0 Å². The van der Waals surface area contributed by atoms with Gasteiger partial charge in [0.15, 0.2) is 11.5 Å². The lowest BCUT2D eigenvalue weighted by atomic mass is 10.1. The Morgan fingerprint density at radius 2 is 1.54 bits per heavy atom. The maximum Gasteiger partial charge on any atom is 0.253 e. The van der Waals surface area contributed by atoms with Gasteiger partial charge >= 0.3 is 0 Å². The fourth-order valence-corrected chi connectivity index (χ4v) is 2.47. The Bertz CT molecular complexity index is 710. The van der Waals surface area contributed by atoms with Gasteiger partial charge in [-0.2, -0.15) is 0 Å². The van der Waals surface area contributed by atoms with Crippen molar-refractivity contribution < 1.29 is 19.0 Å². The van der Waals surface area contributed by atoms with Gasteiger partial charge in [-0.05, 0) is 54.4 Å². The quantitative estimate of drug-likeness (QED) is 0.816. The second kappa shape index (κ2) is 7.73. The number of benzene rings is 2. The summed E-state index contributed by atoms with van der Waals surface area (Å²) in [6, 6.07) is 10.9. The SMILES string of the molecule is COc1ccc(C(=O)N(C)Cc2cc(OC)c(OC)cc2C)cc1. The van der Waals surface area contributed by atoms with E-state index in [1.807, 2.05) is 19.1 Å². The lowest BCUT2D eigenvalue weighted by molar-refractivity contribution is 0.0785. The summed E-state index contributed by atoms with van der Waals surface area (Å²) < 4.78 is 15.8. The molecule has 0 aliphatic carbocycles. The summed E-state index contributed by atoms with van der Waals surface area (Å²) in [6.07, 6.45) is 0. The van der Waals surface area contributed by atoms with Crippen molar-refractivity contribution in [3.63, 3.8) is 0 Å². The lowest BCUT2D eigenvalue weighted by Crippen LogP contribution is -2.26. The third kappa shape index (κ3) is 3.79. The summed E-state index contributed by atoms with van der Waals surface area (Å²) in [5.41, 5.74) is 2.68. The second-order valence-corrected chi connectivity index (χ2v) is 5.52. The molecule has 1 amide bonds. The topological polar surface area (TPSA) is 48.0 Å². The first-order valence-electron chi connectivity index (χ1n) is 7.61. The molecule has 24 heavy (non-hydrogen) atoms. The molecule has 0 unspecified atom stereocenters. The molecule has 0 aromatic heterocycles. The van der Waals surface area contributed by atoms with Gasteiger partial charge in [-0.1, -0.05) is 0 Å². The first-order valence-corrected chi connectivity index (χ1v) is 7.61. The number of amides is 1. The Morgan fingerprint density at radius 1 is 0.958 bits per heavy atom. The number of hydrogen-bond donors (Lipinski definition) is 0. The van der Waals surface area contributed by atoms with Crippen molar-refractivity contribution in [2.75, 3.05) is 28.4 Å². The molecule has 0 fully saturated rings. The Balaban J connectivity index is 2.18. The largest absolute Gasteiger partial charge is 0.497 e. The number of methoxy groups -OCH3 is 3. The Hall–Kier alpha value is -2.69. The van der Waals surface area contributed by atoms with Crippen LogP contribution in [0.15, 0.2) is 36.4 Å². The highest BCUT2D eigenvalue weighted by atomic mass is 16.5. The Labute approximate surface area is 142 Å². The fraction of sp³-hybridized carbons (Fsp3) is 0.316. The molecular formula is C19H23NO4. The van der Waals surface area contributed by atoms with Gasteiger partial charge in [0.2, 0.25) is 0 Å². The standard InChI is InChI=1S/C19H23NO4/c1-13-10-17(23-4)18(24-5)11-15(13)12-20(2)19(21)14-6-8-16(22-3)9-7-14/h6-11H,12H2,1-5H3. The molecule has 2 aromatic carbocycles. The van der Waals surface area contributed by atoms with Crippen molar-refractivity contribution in [1.29, 1.82) is 0 Å². The molecule has 0 aliphatic rings. The molecule has 0 N–H and O–H groups in total. The second-order valence-electron chi connectivity index (χ2n) is 5.52. The average molecular weight is 329 g/mol. The lowest BCUT2D eigenvalue weighted by Gasteiger charge is -2.20. The molecule has 0 spiro atoms. The minimum atomic E-state index is -0.0492. The zero-order chi connectivity index (χ0) is 17.7. The van der Waals surface area contributed by atoms with Crippen LogP contribution in [0.25, 0.3) is 0 Å². The number of carbonyl (C=O) groups is 1. The molecule has 2 aromatic rings. The van der Waals surface area contributed by atoms with Gasteiger partial charge in [-0.25, -0.2) is 0 Å². The van der Waals surface area contributed by atoms with E-state index in [2.05, 4.69) is 0 Å². The molecule has 0 bridgehead atoms. The zero-order valence-electron chi connectivity index (χ0n) is 14.8. The van der Waals surface area contributed by atoms with Crippen LogP contribution >= 0.6 is 0 Å². The van der Waals surface area contributed by atoms with Crippen LogP contribution in [-0.2, 0) is 6.54 Å². The number of carbonyl (C=O) groups excluding carboxylic acids is 1. The van der Waals surface area contributed by atoms with E-state index in [0.717, 1.165) is 16.9 Å². The van der Waals surface area contributed by atoms with Crippen LogP contribution in [0.4, 0.5) is 0 Å². The van der Waals surface area contributed by atoms with Crippen molar-refractivity contribution in [2.45, 2.75) is 13.5 Å². The summed E-state index contributed by atoms with van der Waals surface area (Å²) >= 11 is 0. The van der Waals surface area contributed by atoms with E-state index in [4.69, 9.17) is 14.2 Å². The Kier molecular flexibility index (Phi) is 5.68. The van der Waals surface area contributed by atoms with Gasteiger partial charge < -0.3 is 19.1 Å². The zero-order valence-corrected chi connectivity index (χ0v) is 14.8. The molecule has 0 heterocycles. The van der Waals surface area contributed by atoms with Gasteiger partial charge in [-0.15, -0.1) is 0 Å². The van der Waals surface area contributed by atoms with Gasteiger partial charge in [-0.3, -0.25) is 4.79 Å². The summed E-state index contributed by atoms with van der Waals surface area (Å²) in [7, 11) is 6.59. The molecule has 0 aliphatic heterocycles. The van der Waals surface area contributed by atoms with E-state index >= 15 is 0 Å². The van der Waals surface area contributed by atoms with Crippen LogP contribution in [0.2, 0.25) is 0 Å². The van der Waals surface area contributed by atoms with E-state index in [1.54, 1.807) is 57.5 Å². The van der Waals surface area contributed by atoms with Crippen LogP contribution in [0.1, 0.15) is 21.5 Å². The maximum atomic E-state index is 12.6. The molecule has 0 radical (unpaired) electrons. The first kappa shape index (κ1) is 17.7. The van der Waals surface area contributed by atoms with E-state index in [0.29, 0.717) is 23.6 Å². The third-order valence-corrected chi connectivity index (χ3v) is 3.93. The predicted octanol–water partition coefficient (Wildman–Crippen LogP) is 3.29. The van der Waals surface area contributed by atoms with Crippen LogP contribution < -0.4 is 14.2 Å². The maximum absolute atomic E-state index is 12.6. The van der Waals surface area contributed by atoms with Gasteiger partial charge in [0, 0.05) is 19.2 Å². The monoisotopic (exact) mass is 329 g/mol. The van der Waals surface area contributed by atoms with Gasteiger partial charge in [0.05, 0.1) is 21.3 Å². The van der Waals surface area contributed by atoms with Crippen molar-refractivity contribution >= 4 is 5.91 Å². The highest BCUT2D eigenvalue weighted by Crippen LogP contribution is 2.30. The number of hydrogen-bond acceptors (Lipinski definition) is 4. The summed E-state index contributed by atoms with van der Waals surface area (Å²) in [6.45, 7) is 2.47. The van der Waals surface area contributed by atoms with Gasteiger partial charge in [0.25, 0.3) is 5.91 Å². The van der Waals surface area contributed by atoms with E-state index in [9.17, 15) is 4.79 Å². The molecule has 128 valence electrons. The smallest absolute Gasteiger partial charge is 0.253 e. The number of rotatable bonds is 6. The number of nitrogens with zero attached hydrogens (tertiary/aromatic N) is 1. The van der Waals surface area contributed by atoms with Crippen molar-refractivity contribution in [3.05, 3.63) is 53.1 Å². The van der Waals surface area contributed by atoms with Crippen LogP contribution in [0, 0.1) is 6.92 Å². The van der Waals surface area contributed by atoms with Crippen molar-refractivity contribution in [2.24, 2.45) is 0 Å². The third-order valence-electron chi connectivity index (χ3n) is 3.93. The number of aryl methyl sites for hydroxylation is 1. The van der Waals surface area contributed by atoms with Crippen molar-refractivity contribution in [1.82, 2.24) is 4.90 Å². The van der Waals surface area contributed by atoms with E-state index in [1.165, 1.54) is 0 Å². The highest BCUT2D eigenvalue weighted by molar-refractivity contribution is 5.94. The predicted molar refractivity (Wildman–Crippen MR) is 93.1 cm³/mol. The normalized spacial score (nSPS) is 10.2. The number of ether oxygens (including phenoxy) is 3. The summed E-state index contributed by atoms with van der Waals surface area (Å²) in [5.74, 6) is 2.02. The minimum absolute atomic E-state index is 0.0492. The molecule has 0 saturated carbocycles. The van der Waals surface area contributed by atoms with Gasteiger partial charge in [0.1, 0.15) is 5.75 Å². The molecule has 5 nitrogen and oxygen atoms in total. The molecule has 0 atom stereocenters.